The second-order valence-electron chi connectivity index (χ2n) is 3.61. The first kappa shape index (κ1) is 9.71. The molecule has 1 aromatic heterocycles. The van der Waals surface area contributed by atoms with Gasteiger partial charge in [-0.3, -0.25) is 4.79 Å². The molecule has 0 saturated heterocycles. The molecule has 0 amide bonds. The smallest absolute Gasteiger partial charge is 0.159 e. The van der Waals surface area contributed by atoms with Gasteiger partial charge in [-0.15, -0.1) is 0 Å². The number of hydrogen-bond acceptors (Lipinski definition) is 1. The largest absolute Gasteiger partial charge is 0.350 e. The molecule has 0 N–H and O–H groups in total. The third-order valence-corrected chi connectivity index (χ3v) is 2.36. The lowest BCUT2D eigenvalue weighted by Gasteiger charge is -2.04. The summed E-state index contributed by atoms with van der Waals surface area (Å²) in [4.78, 5) is 11.2. The minimum absolute atomic E-state index is 0.115. The van der Waals surface area contributed by atoms with Gasteiger partial charge in [-0.1, -0.05) is 18.2 Å². The van der Waals surface area contributed by atoms with Gasteiger partial charge in [0.15, 0.2) is 5.78 Å². The molecule has 0 unspecified atom stereocenters. The van der Waals surface area contributed by atoms with Crippen molar-refractivity contribution >= 4 is 5.78 Å². The van der Waals surface area contributed by atoms with Crippen LogP contribution in [0.2, 0.25) is 0 Å². The van der Waals surface area contributed by atoms with Crippen molar-refractivity contribution in [3.05, 3.63) is 59.9 Å². The minimum Gasteiger partial charge on any atom is -0.350 e. The van der Waals surface area contributed by atoms with Crippen molar-refractivity contribution < 1.29 is 4.79 Å². The van der Waals surface area contributed by atoms with E-state index in [0.29, 0.717) is 0 Å². The first-order valence-electron chi connectivity index (χ1n) is 4.96. The average Bonchev–Trinajstić information content (AvgIpc) is 2.71. The zero-order chi connectivity index (χ0) is 10.7. The van der Waals surface area contributed by atoms with Crippen molar-refractivity contribution in [1.82, 2.24) is 4.57 Å². The van der Waals surface area contributed by atoms with Crippen LogP contribution >= 0.6 is 0 Å². The Morgan fingerprint density at radius 1 is 1.20 bits per heavy atom. The summed E-state index contributed by atoms with van der Waals surface area (Å²) in [6, 6.07) is 11.7. The van der Waals surface area contributed by atoms with Gasteiger partial charge in [-0.2, -0.15) is 0 Å². The average molecular weight is 199 g/mol. The summed E-state index contributed by atoms with van der Waals surface area (Å²) in [7, 11) is 0. The Labute approximate surface area is 89.2 Å². The van der Waals surface area contributed by atoms with Gasteiger partial charge < -0.3 is 4.57 Å². The highest BCUT2D eigenvalue weighted by Crippen LogP contribution is 2.08. The normalized spacial score (nSPS) is 10.2. The highest BCUT2D eigenvalue weighted by Gasteiger charge is 2.00. The van der Waals surface area contributed by atoms with Crippen LogP contribution in [0, 0.1) is 0 Å². The van der Waals surface area contributed by atoms with Crippen molar-refractivity contribution in [3.8, 4) is 0 Å². The molecule has 0 aliphatic rings. The number of ketones is 1. The standard InChI is InChI=1S/C13H13NO/c1-11(15)13-6-4-5-12(9-13)10-14-7-2-3-8-14/h2-9H,10H2,1H3. The summed E-state index contributed by atoms with van der Waals surface area (Å²) < 4.78 is 2.08. The van der Waals surface area contributed by atoms with Gasteiger partial charge in [0.2, 0.25) is 0 Å². The fraction of sp³-hybridized carbons (Fsp3) is 0.154. The van der Waals surface area contributed by atoms with Crippen LogP contribution in [0.1, 0.15) is 22.8 Å². The van der Waals surface area contributed by atoms with Crippen molar-refractivity contribution in [1.29, 1.82) is 0 Å². The Bertz CT molecular complexity index is 457. The molecule has 0 aliphatic carbocycles. The molecular weight excluding hydrogens is 186 g/mol. The maximum atomic E-state index is 11.2. The lowest BCUT2D eigenvalue weighted by Crippen LogP contribution is -1.98. The fourth-order valence-electron chi connectivity index (χ4n) is 1.58. The van der Waals surface area contributed by atoms with Crippen LogP contribution in [-0.4, -0.2) is 10.4 Å². The van der Waals surface area contributed by atoms with Crippen molar-refractivity contribution in [2.45, 2.75) is 13.5 Å². The summed E-state index contributed by atoms with van der Waals surface area (Å²) in [5.74, 6) is 0.115. The molecule has 2 aromatic rings. The van der Waals surface area contributed by atoms with E-state index in [0.717, 1.165) is 17.7 Å². The maximum Gasteiger partial charge on any atom is 0.159 e. The monoisotopic (exact) mass is 199 g/mol. The van der Waals surface area contributed by atoms with Crippen LogP contribution < -0.4 is 0 Å². The SMILES string of the molecule is CC(=O)c1cccc(Cn2cccc2)c1. The predicted molar refractivity (Wildman–Crippen MR) is 60.0 cm³/mol. The fourth-order valence-corrected chi connectivity index (χ4v) is 1.58. The number of benzene rings is 1. The van der Waals surface area contributed by atoms with Crippen molar-refractivity contribution in [3.63, 3.8) is 0 Å². The Morgan fingerprint density at radius 2 is 1.93 bits per heavy atom. The van der Waals surface area contributed by atoms with E-state index in [4.69, 9.17) is 0 Å². The first-order chi connectivity index (χ1) is 7.25. The number of rotatable bonds is 3. The molecule has 15 heavy (non-hydrogen) atoms. The zero-order valence-electron chi connectivity index (χ0n) is 8.68. The van der Waals surface area contributed by atoms with E-state index in [2.05, 4.69) is 4.57 Å². The van der Waals surface area contributed by atoms with Gasteiger partial charge in [0.25, 0.3) is 0 Å². The molecular formula is C13H13NO. The molecule has 76 valence electrons. The second-order valence-corrected chi connectivity index (χ2v) is 3.61. The number of hydrogen-bond donors (Lipinski definition) is 0. The predicted octanol–water partition coefficient (Wildman–Crippen LogP) is 2.74. The van der Waals surface area contributed by atoms with Gasteiger partial charge >= 0.3 is 0 Å². The Kier molecular flexibility index (Phi) is 2.68. The summed E-state index contributed by atoms with van der Waals surface area (Å²) in [5, 5.41) is 0. The zero-order valence-corrected chi connectivity index (χ0v) is 8.68. The van der Waals surface area contributed by atoms with E-state index < -0.39 is 0 Å². The molecule has 0 saturated carbocycles. The van der Waals surface area contributed by atoms with Crippen LogP contribution in [0.5, 0.6) is 0 Å². The Hall–Kier alpha value is -1.83. The second kappa shape index (κ2) is 4.13. The number of nitrogens with zero attached hydrogens (tertiary/aromatic N) is 1. The van der Waals surface area contributed by atoms with Gasteiger partial charge in [-0.25, -0.2) is 0 Å². The van der Waals surface area contributed by atoms with Crippen LogP contribution in [0.25, 0.3) is 0 Å². The maximum absolute atomic E-state index is 11.2. The summed E-state index contributed by atoms with van der Waals surface area (Å²) in [5.41, 5.74) is 1.93. The molecule has 2 heteroatoms. The summed E-state index contributed by atoms with van der Waals surface area (Å²) in [6.07, 6.45) is 4.03. The number of carbonyl (C=O) groups excluding carboxylic acids is 1. The molecule has 0 radical (unpaired) electrons. The van der Waals surface area contributed by atoms with Crippen LogP contribution in [0.3, 0.4) is 0 Å². The Morgan fingerprint density at radius 3 is 2.60 bits per heavy atom. The highest BCUT2D eigenvalue weighted by atomic mass is 16.1. The van der Waals surface area contributed by atoms with E-state index in [9.17, 15) is 4.79 Å². The van der Waals surface area contributed by atoms with E-state index in [1.807, 2.05) is 48.8 Å². The van der Waals surface area contributed by atoms with Gasteiger partial charge in [0.05, 0.1) is 0 Å². The summed E-state index contributed by atoms with van der Waals surface area (Å²) >= 11 is 0. The van der Waals surface area contributed by atoms with Crippen LogP contribution in [0.4, 0.5) is 0 Å². The third-order valence-electron chi connectivity index (χ3n) is 2.36. The van der Waals surface area contributed by atoms with E-state index in [1.165, 1.54) is 0 Å². The Balaban J connectivity index is 2.22. The molecule has 0 spiro atoms. The van der Waals surface area contributed by atoms with Crippen molar-refractivity contribution in [2.75, 3.05) is 0 Å². The van der Waals surface area contributed by atoms with Gasteiger partial charge in [0.1, 0.15) is 0 Å². The first-order valence-corrected chi connectivity index (χ1v) is 4.96. The third kappa shape index (κ3) is 2.34. The van der Waals surface area contributed by atoms with Gasteiger partial charge in [-0.05, 0) is 30.7 Å². The quantitative estimate of drug-likeness (QED) is 0.697. The number of aromatic nitrogens is 1. The minimum atomic E-state index is 0.115. The van der Waals surface area contributed by atoms with Crippen molar-refractivity contribution in [2.24, 2.45) is 0 Å². The van der Waals surface area contributed by atoms with Gasteiger partial charge in [0, 0.05) is 24.5 Å². The molecule has 1 aromatic carbocycles. The molecule has 2 nitrogen and oxygen atoms in total. The van der Waals surface area contributed by atoms with E-state index >= 15 is 0 Å². The van der Waals surface area contributed by atoms with E-state index in [1.54, 1.807) is 6.92 Å². The molecule has 0 fully saturated rings. The lowest BCUT2D eigenvalue weighted by atomic mass is 10.1. The molecule has 0 aliphatic heterocycles. The molecule has 0 atom stereocenters. The highest BCUT2D eigenvalue weighted by molar-refractivity contribution is 5.94. The number of carbonyl (C=O) groups is 1. The number of Topliss-reactive ketones (excluding diaryl/α,β-unsaturated/α-hetero) is 1. The van der Waals surface area contributed by atoms with E-state index in [-0.39, 0.29) is 5.78 Å². The molecule has 2 rings (SSSR count). The van der Waals surface area contributed by atoms with Crippen LogP contribution in [0.15, 0.2) is 48.8 Å². The molecule has 0 bridgehead atoms. The van der Waals surface area contributed by atoms with Crippen LogP contribution in [-0.2, 0) is 6.54 Å². The topological polar surface area (TPSA) is 22.0 Å². The molecule has 1 heterocycles. The summed E-state index contributed by atoms with van der Waals surface area (Å²) in [6.45, 7) is 2.41. The lowest BCUT2D eigenvalue weighted by molar-refractivity contribution is 0.101.